The molecule has 150 valence electrons. The predicted octanol–water partition coefficient (Wildman–Crippen LogP) is 4.03. The first-order valence-electron chi connectivity index (χ1n) is 9.45. The van der Waals surface area contributed by atoms with Gasteiger partial charge in [-0.2, -0.15) is 4.98 Å². The van der Waals surface area contributed by atoms with E-state index in [4.69, 9.17) is 9.47 Å². The standard InChI is InChI=1S/C20H26N4O3S/c1-6-26-18(25)16-13(5)21-19-22-20(28-7-2)23-24(19)17(16)14-9-8-10-15(11-14)27-12(3)4/h8-12,17H,6-7H2,1-5H3,(H,21,22,23). The molecule has 0 spiro atoms. The van der Waals surface area contributed by atoms with Gasteiger partial charge in [-0.1, -0.05) is 30.8 Å². The van der Waals surface area contributed by atoms with E-state index < -0.39 is 6.04 Å². The molecule has 1 unspecified atom stereocenters. The zero-order valence-corrected chi connectivity index (χ0v) is 17.7. The monoisotopic (exact) mass is 402 g/mol. The Balaban J connectivity index is 2.11. The third-order valence-electron chi connectivity index (χ3n) is 4.15. The largest absolute Gasteiger partial charge is 0.491 e. The lowest BCUT2D eigenvalue weighted by molar-refractivity contribution is -0.139. The number of carbonyl (C=O) groups excluding carboxylic acids is 1. The Morgan fingerprint density at radius 3 is 2.82 bits per heavy atom. The Kier molecular flexibility index (Phi) is 6.28. The van der Waals surface area contributed by atoms with Crippen molar-refractivity contribution in [2.75, 3.05) is 17.7 Å². The minimum atomic E-state index is -0.440. The number of fused-ring (bicyclic) bond motifs is 1. The van der Waals surface area contributed by atoms with E-state index in [1.807, 2.05) is 45.0 Å². The molecule has 0 aliphatic carbocycles. The van der Waals surface area contributed by atoms with Crippen LogP contribution in [0.3, 0.4) is 0 Å². The number of allylic oxidation sites excluding steroid dienone is 1. The summed E-state index contributed by atoms with van der Waals surface area (Å²) in [6.07, 6.45) is 0.0552. The lowest BCUT2D eigenvalue weighted by Crippen LogP contribution is -2.29. The van der Waals surface area contributed by atoms with Gasteiger partial charge in [0, 0.05) is 5.70 Å². The first kappa shape index (κ1) is 20.3. The maximum Gasteiger partial charge on any atom is 0.338 e. The molecule has 1 aromatic carbocycles. The number of hydrogen-bond donors (Lipinski definition) is 1. The van der Waals surface area contributed by atoms with Crippen molar-refractivity contribution in [1.29, 1.82) is 0 Å². The molecule has 0 bridgehead atoms. The van der Waals surface area contributed by atoms with Crippen LogP contribution in [0.1, 0.15) is 46.2 Å². The van der Waals surface area contributed by atoms with Crippen LogP contribution >= 0.6 is 11.8 Å². The second-order valence-electron chi connectivity index (χ2n) is 6.62. The van der Waals surface area contributed by atoms with Gasteiger partial charge in [-0.05, 0) is 51.1 Å². The van der Waals surface area contributed by atoms with Gasteiger partial charge >= 0.3 is 5.97 Å². The van der Waals surface area contributed by atoms with Gasteiger partial charge in [0.15, 0.2) is 0 Å². The predicted molar refractivity (Wildman–Crippen MR) is 110 cm³/mol. The summed E-state index contributed by atoms with van der Waals surface area (Å²) in [4.78, 5) is 17.3. The molecular weight excluding hydrogens is 376 g/mol. The molecule has 2 aromatic rings. The Morgan fingerprint density at radius 2 is 2.14 bits per heavy atom. The van der Waals surface area contributed by atoms with Gasteiger partial charge in [-0.25, -0.2) is 9.48 Å². The molecule has 0 fully saturated rings. The highest BCUT2D eigenvalue weighted by Crippen LogP contribution is 2.37. The van der Waals surface area contributed by atoms with Gasteiger partial charge in [-0.3, -0.25) is 0 Å². The maximum atomic E-state index is 12.8. The number of esters is 1. The van der Waals surface area contributed by atoms with Gasteiger partial charge in [0.25, 0.3) is 0 Å². The molecule has 8 heteroatoms. The van der Waals surface area contributed by atoms with E-state index in [0.717, 1.165) is 17.1 Å². The van der Waals surface area contributed by atoms with Crippen molar-refractivity contribution >= 4 is 23.7 Å². The minimum absolute atomic E-state index is 0.0552. The highest BCUT2D eigenvalue weighted by molar-refractivity contribution is 7.99. The number of thioether (sulfide) groups is 1. The minimum Gasteiger partial charge on any atom is -0.491 e. The van der Waals surface area contributed by atoms with Crippen LogP contribution in [0.4, 0.5) is 5.95 Å². The van der Waals surface area contributed by atoms with Crippen LogP contribution in [0, 0.1) is 0 Å². The number of anilines is 1. The number of rotatable bonds is 7. The Bertz CT molecular complexity index is 891. The van der Waals surface area contributed by atoms with Crippen molar-refractivity contribution in [2.45, 2.75) is 51.9 Å². The molecule has 2 heterocycles. The zero-order valence-electron chi connectivity index (χ0n) is 16.9. The Labute approximate surface area is 169 Å². The van der Waals surface area contributed by atoms with E-state index in [-0.39, 0.29) is 12.1 Å². The number of aromatic nitrogens is 3. The summed E-state index contributed by atoms with van der Waals surface area (Å²) in [7, 11) is 0. The van der Waals surface area contributed by atoms with E-state index in [2.05, 4.69) is 22.3 Å². The van der Waals surface area contributed by atoms with Crippen molar-refractivity contribution in [1.82, 2.24) is 14.8 Å². The van der Waals surface area contributed by atoms with E-state index >= 15 is 0 Å². The van der Waals surface area contributed by atoms with Crippen LogP contribution in [0.25, 0.3) is 0 Å². The Hall–Kier alpha value is -2.48. The highest BCUT2D eigenvalue weighted by Gasteiger charge is 2.35. The highest BCUT2D eigenvalue weighted by atomic mass is 32.2. The average molecular weight is 403 g/mol. The molecule has 28 heavy (non-hydrogen) atoms. The summed E-state index contributed by atoms with van der Waals surface area (Å²) in [5, 5.41) is 8.51. The number of nitrogens with one attached hydrogen (secondary N) is 1. The molecule has 1 aliphatic rings. The summed E-state index contributed by atoms with van der Waals surface area (Å²) in [5.74, 6) is 1.86. The normalized spacial score (nSPS) is 16.0. The lowest BCUT2D eigenvalue weighted by Gasteiger charge is -2.28. The fourth-order valence-corrected chi connectivity index (χ4v) is 3.69. The Morgan fingerprint density at radius 1 is 1.36 bits per heavy atom. The molecule has 0 saturated heterocycles. The van der Waals surface area contributed by atoms with E-state index in [1.165, 1.54) is 0 Å². The third-order valence-corrected chi connectivity index (χ3v) is 4.87. The lowest BCUT2D eigenvalue weighted by atomic mass is 9.95. The second-order valence-corrected chi connectivity index (χ2v) is 7.85. The summed E-state index contributed by atoms with van der Waals surface area (Å²) in [5.41, 5.74) is 2.13. The van der Waals surface area contributed by atoms with Gasteiger partial charge < -0.3 is 14.8 Å². The van der Waals surface area contributed by atoms with Gasteiger partial charge in [-0.15, -0.1) is 5.10 Å². The van der Waals surface area contributed by atoms with Crippen LogP contribution in [0.5, 0.6) is 5.75 Å². The van der Waals surface area contributed by atoms with Gasteiger partial charge in [0.05, 0.1) is 18.3 Å². The summed E-state index contributed by atoms with van der Waals surface area (Å²) in [6, 6.07) is 7.30. The molecule has 3 rings (SSSR count). The average Bonchev–Trinajstić information content (AvgIpc) is 3.02. The van der Waals surface area contributed by atoms with Crippen molar-refractivity contribution in [3.63, 3.8) is 0 Å². The van der Waals surface area contributed by atoms with Crippen molar-refractivity contribution in [3.05, 3.63) is 41.1 Å². The summed E-state index contributed by atoms with van der Waals surface area (Å²) < 4.78 is 12.9. The van der Waals surface area contributed by atoms with Gasteiger partial charge in [0.2, 0.25) is 11.1 Å². The van der Waals surface area contributed by atoms with Crippen LogP contribution < -0.4 is 10.1 Å². The fraction of sp³-hybridized carbons (Fsp3) is 0.450. The smallest absolute Gasteiger partial charge is 0.338 e. The van der Waals surface area contributed by atoms with E-state index in [1.54, 1.807) is 23.4 Å². The van der Waals surface area contributed by atoms with Gasteiger partial charge in [0.1, 0.15) is 11.8 Å². The topological polar surface area (TPSA) is 78.3 Å². The van der Waals surface area contributed by atoms with Crippen LogP contribution in [0.15, 0.2) is 40.7 Å². The fourth-order valence-electron chi connectivity index (χ4n) is 3.13. The van der Waals surface area contributed by atoms with Crippen molar-refractivity contribution in [3.8, 4) is 5.75 Å². The van der Waals surface area contributed by atoms with Crippen molar-refractivity contribution < 1.29 is 14.3 Å². The maximum absolute atomic E-state index is 12.8. The molecule has 0 amide bonds. The summed E-state index contributed by atoms with van der Waals surface area (Å²) in [6.45, 7) is 9.98. The quantitative estimate of drug-likeness (QED) is 0.553. The van der Waals surface area contributed by atoms with Crippen LogP contribution in [-0.2, 0) is 9.53 Å². The SMILES string of the molecule is CCOC(=O)C1=C(C)Nc2nc(SCC)nn2C1c1cccc(OC(C)C)c1. The number of carbonyl (C=O) groups is 1. The number of nitrogens with zero attached hydrogens (tertiary/aromatic N) is 3. The molecule has 0 saturated carbocycles. The molecule has 1 atom stereocenters. The summed E-state index contributed by atoms with van der Waals surface area (Å²) >= 11 is 1.56. The zero-order chi connectivity index (χ0) is 20.3. The molecule has 1 N–H and O–H groups in total. The molecule has 1 aliphatic heterocycles. The molecule has 7 nitrogen and oxygen atoms in total. The van der Waals surface area contributed by atoms with E-state index in [9.17, 15) is 4.79 Å². The van der Waals surface area contributed by atoms with E-state index in [0.29, 0.717) is 29.0 Å². The molecule has 1 aromatic heterocycles. The van der Waals surface area contributed by atoms with Crippen molar-refractivity contribution in [2.24, 2.45) is 0 Å². The number of benzene rings is 1. The first-order valence-corrected chi connectivity index (χ1v) is 10.4. The van der Waals surface area contributed by atoms with Crippen LogP contribution in [-0.4, -0.2) is 39.2 Å². The second kappa shape index (κ2) is 8.68. The van der Waals surface area contributed by atoms with Crippen LogP contribution in [0.2, 0.25) is 0 Å². The molecular formula is C20H26N4O3S. The number of ether oxygens (including phenoxy) is 2. The first-order chi connectivity index (χ1) is 13.4. The number of hydrogen-bond acceptors (Lipinski definition) is 7. The third kappa shape index (κ3) is 4.16. The molecule has 0 radical (unpaired) electrons.